The fourth-order valence-corrected chi connectivity index (χ4v) is 2.02. The zero-order chi connectivity index (χ0) is 13.5. The van der Waals surface area contributed by atoms with Gasteiger partial charge in [0.15, 0.2) is 15.6 Å². The van der Waals surface area contributed by atoms with Crippen LogP contribution in [0, 0.1) is 0 Å². The maximum atomic E-state index is 11.5. The van der Waals surface area contributed by atoms with Crippen LogP contribution in [0.25, 0.3) is 0 Å². The fraction of sp³-hybridized carbons (Fsp3) is 0.800. The van der Waals surface area contributed by atoms with E-state index in [2.05, 4.69) is 5.32 Å². The van der Waals surface area contributed by atoms with Crippen LogP contribution >= 0.6 is 0 Å². The Hall–Kier alpha value is -0.950. The number of Topliss-reactive ketones (excluding diaryl/α,β-unsaturated/α-hetero) is 1. The Labute approximate surface area is 102 Å². The molecule has 0 heterocycles. The predicted molar refractivity (Wildman–Crippen MR) is 65.2 cm³/mol. The Morgan fingerprint density at radius 3 is 2.29 bits per heavy atom. The first-order valence-electron chi connectivity index (χ1n) is 5.51. The summed E-state index contributed by atoms with van der Waals surface area (Å²) < 4.78 is 21.9. The topological polar surface area (TPSA) is 106 Å². The molecule has 0 fully saturated rings. The van der Waals surface area contributed by atoms with E-state index in [1.807, 2.05) is 6.92 Å². The lowest BCUT2D eigenvalue weighted by Crippen LogP contribution is -2.49. The second kappa shape index (κ2) is 7.39. The number of hydrogen-bond donors (Lipinski definition) is 2. The number of nitrogens with two attached hydrogens (primary N) is 1. The molecule has 0 aromatic heterocycles. The Balaban J connectivity index is 4.33. The molecule has 0 bridgehead atoms. The van der Waals surface area contributed by atoms with E-state index in [0.717, 1.165) is 25.5 Å². The summed E-state index contributed by atoms with van der Waals surface area (Å²) in [7, 11) is -3.43. The number of primary amides is 1. The molecular formula is C10H20N2O4S. The summed E-state index contributed by atoms with van der Waals surface area (Å²) in [6.07, 6.45) is 3.74. The monoisotopic (exact) mass is 264 g/mol. The third-order valence-electron chi connectivity index (χ3n) is 2.14. The Morgan fingerprint density at radius 2 is 1.88 bits per heavy atom. The van der Waals surface area contributed by atoms with Gasteiger partial charge in [0.05, 0.1) is 0 Å². The number of carbonyl (C=O) groups is 2. The van der Waals surface area contributed by atoms with Crippen LogP contribution < -0.4 is 11.1 Å². The maximum absolute atomic E-state index is 11.5. The van der Waals surface area contributed by atoms with Crippen molar-refractivity contribution in [1.29, 1.82) is 0 Å². The average Bonchev–Trinajstić information content (AvgIpc) is 2.14. The molecule has 1 unspecified atom stereocenters. The molecule has 1 atom stereocenters. The van der Waals surface area contributed by atoms with Crippen LogP contribution in [0.3, 0.4) is 0 Å². The molecule has 0 radical (unpaired) electrons. The van der Waals surface area contributed by atoms with Gasteiger partial charge in [0, 0.05) is 6.26 Å². The molecule has 0 saturated heterocycles. The minimum Gasteiger partial charge on any atom is -0.368 e. The van der Waals surface area contributed by atoms with Crippen LogP contribution in [0.1, 0.15) is 26.2 Å². The quantitative estimate of drug-likeness (QED) is 0.420. The smallest absolute Gasteiger partial charge is 0.242 e. The molecule has 7 heteroatoms. The van der Waals surface area contributed by atoms with E-state index in [9.17, 15) is 18.0 Å². The number of carbonyl (C=O) groups excluding carboxylic acids is 2. The van der Waals surface area contributed by atoms with Crippen LogP contribution in [0.15, 0.2) is 0 Å². The largest absolute Gasteiger partial charge is 0.368 e. The van der Waals surface area contributed by atoms with Crippen molar-refractivity contribution in [2.24, 2.45) is 5.73 Å². The minimum absolute atomic E-state index is 0.469. The van der Waals surface area contributed by atoms with Crippen LogP contribution in [0.5, 0.6) is 0 Å². The van der Waals surface area contributed by atoms with Gasteiger partial charge in [0.1, 0.15) is 11.8 Å². The van der Waals surface area contributed by atoms with Gasteiger partial charge in [-0.2, -0.15) is 0 Å². The van der Waals surface area contributed by atoms with Crippen molar-refractivity contribution in [2.45, 2.75) is 32.2 Å². The van der Waals surface area contributed by atoms with Gasteiger partial charge < -0.3 is 5.73 Å². The number of nitrogens with one attached hydrogen (secondary N) is 1. The van der Waals surface area contributed by atoms with E-state index in [1.165, 1.54) is 0 Å². The van der Waals surface area contributed by atoms with E-state index >= 15 is 0 Å². The molecule has 1 amide bonds. The van der Waals surface area contributed by atoms with Gasteiger partial charge in [0.2, 0.25) is 5.91 Å². The molecule has 0 rings (SSSR count). The minimum atomic E-state index is -3.43. The van der Waals surface area contributed by atoms with Crippen molar-refractivity contribution < 1.29 is 18.0 Å². The summed E-state index contributed by atoms with van der Waals surface area (Å²) in [5.74, 6) is -2.20. The normalized spacial score (nSPS) is 13.3. The highest BCUT2D eigenvalue weighted by molar-refractivity contribution is 7.91. The average molecular weight is 264 g/mol. The fourth-order valence-electron chi connectivity index (χ4n) is 1.34. The summed E-state index contributed by atoms with van der Waals surface area (Å²) >= 11 is 0. The Bertz CT molecular complexity index is 365. The van der Waals surface area contributed by atoms with Crippen LogP contribution in [-0.2, 0) is 19.4 Å². The summed E-state index contributed by atoms with van der Waals surface area (Å²) in [6, 6.07) is -1.21. The van der Waals surface area contributed by atoms with Gasteiger partial charge in [-0.1, -0.05) is 19.8 Å². The molecule has 6 nitrogen and oxygen atoms in total. The van der Waals surface area contributed by atoms with Gasteiger partial charge in [-0.3, -0.25) is 14.9 Å². The summed E-state index contributed by atoms with van der Waals surface area (Å²) in [6.45, 7) is 2.50. The first-order valence-corrected chi connectivity index (χ1v) is 7.57. The highest BCUT2D eigenvalue weighted by Crippen LogP contribution is 1.95. The molecule has 0 aromatic rings. The molecule has 17 heavy (non-hydrogen) atoms. The van der Waals surface area contributed by atoms with Crippen molar-refractivity contribution in [3.05, 3.63) is 0 Å². The maximum Gasteiger partial charge on any atom is 0.242 e. The third kappa shape index (κ3) is 7.87. The van der Waals surface area contributed by atoms with Crippen LogP contribution in [0.2, 0.25) is 0 Å². The van der Waals surface area contributed by atoms with Gasteiger partial charge >= 0.3 is 0 Å². The van der Waals surface area contributed by atoms with Crippen molar-refractivity contribution in [1.82, 2.24) is 5.32 Å². The molecule has 0 aliphatic rings. The standard InChI is InChI=1S/C10H20N2O4S/c1-3-4-5-6-12-9(10(11)14)8(13)7-17(2,15)16/h9,12H,3-7H2,1-2H3,(H2,11,14). The van der Waals surface area contributed by atoms with Crippen molar-refractivity contribution >= 4 is 21.5 Å². The molecule has 100 valence electrons. The van der Waals surface area contributed by atoms with E-state index in [4.69, 9.17) is 5.73 Å². The second-order valence-electron chi connectivity index (χ2n) is 4.03. The van der Waals surface area contributed by atoms with E-state index < -0.39 is 33.3 Å². The zero-order valence-electron chi connectivity index (χ0n) is 10.2. The van der Waals surface area contributed by atoms with Crippen molar-refractivity contribution in [3.63, 3.8) is 0 Å². The lowest BCUT2D eigenvalue weighted by molar-refractivity contribution is -0.128. The lowest BCUT2D eigenvalue weighted by Gasteiger charge is -2.13. The zero-order valence-corrected chi connectivity index (χ0v) is 11.0. The number of hydrogen-bond acceptors (Lipinski definition) is 5. The van der Waals surface area contributed by atoms with E-state index in [0.29, 0.717) is 6.54 Å². The first kappa shape index (κ1) is 16.1. The lowest BCUT2D eigenvalue weighted by atomic mass is 10.2. The first-order chi connectivity index (χ1) is 7.78. The van der Waals surface area contributed by atoms with Gasteiger partial charge in [0.25, 0.3) is 0 Å². The van der Waals surface area contributed by atoms with Gasteiger partial charge in [-0.25, -0.2) is 8.42 Å². The molecule has 0 aliphatic heterocycles. The number of ketones is 1. The molecule has 0 spiro atoms. The van der Waals surface area contributed by atoms with Crippen molar-refractivity contribution in [3.8, 4) is 0 Å². The summed E-state index contributed by atoms with van der Waals surface area (Å²) in [4.78, 5) is 22.6. The number of amides is 1. The molecule has 0 aromatic carbocycles. The number of sulfone groups is 1. The Morgan fingerprint density at radius 1 is 1.29 bits per heavy atom. The third-order valence-corrected chi connectivity index (χ3v) is 2.95. The number of rotatable bonds is 9. The predicted octanol–water partition coefficient (Wildman–Crippen LogP) is -0.766. The van der Waals surface area contributed by atoms with Gasteiger partial charge in [-0.15, -0.1) is 0 Å². The van der Waals surface area contributed by atoms with E-state index in [-0.39, 0.29) is 0 Å². The highest BCUT2D eigenvalue weighted by Gasteiger charge is 2.26. The molecular weight excluding hydrogens is 244 g/mol. The van der Waals surface area contributed by atoms with E-state index in [1.54, 1.807) is 0 Å². The molecule has 3 N–H and O–H groups in total. The molecule has 0 saturated carbocycles. The summed E-state index contributed by atoms with van der Waals surface area (Å²) in [5, 5.41) is 2.69. The van der Waals surface area contributed by atoms with Crippen molar-refractivity contribution in [2.75, 3.05) is 18.6 Å². The van der Waals surface area contributed by atoms with Gasteiger partial charge in [-0.05, 0) is 13.0 Å². The van der Waals surface area contributed by atoms with Crippen LogP contribution in [0.4, 0.5) is 0 Å². The number of unbranched alkanes of at least 4 members (excludes halogenated alkanes) is 2. The van der Waals surface area contributed by atoms with Crippen LogP contribution in [-0.4, -0.2) is 44.7 Å². The Kier molecular flexibility index (Phi) is 6.98. The SMILES string of the molecule is CCCCCNC(C(N)=O)C(=O)CS(C)(=O)=O. The second-order valence-corrected chi connectivity index (χ2v) is 6.17. The highest BCUT2D eigenvalue weighted by atomic mass is 32.2. The molecule has 0 aliphatic carbocycles. The summed E-state index contributed by atoms with van der Waals surface area (Å²) in [5.41, 5.74) is 5.05.